The lowest BCUT2D eigenvalue weighted by atomic mass is 10.1. The second kappa shape index (κ2) is 7.15. The van der Waals surface area contributed by atoms with Crippen LogP contribution in [0.3, 0.4) is 0 Å². The van der Waals surface area contributed by atoms with Crippen molar-refractivity contribution < 1.29 is 14.3 Å². The number of ether oxygens (including phenoxy) is 2. The first-order valence-electron chi connectivity index (χ1n) is 7.47. The number of carbonyl (C=O) groups excluding carboxylic acids is 1. The van der Waals surface area contributed by atoms with Crippen LogP contribution in [0.25, 0.3) is 6.08 Å². The third-order valence-corrected chi connectivity index (χ3v) is 6.00. The summed E-state index contributed by atoms with van der Waals surface area (Å²) in [6, 6.07) is 13.5. The topological polar surface area (TPSA) is 47.9 Å². The SMILES string of the molecule is O=C1SC(SCc2ccccc2)=N/C1=C/c1cc2c(cc1Cl)OCO2. The molecule has 2 aliphatic heterocycles. The summed E-state index contributed by atoms with van der Waals surface area (Å²) in [6.45, 7) is 0.179. The zero-order valence-corrected chi connectivity index (χ0v) is 15.3. The molecule has 0 atom stereocenters. The first kappa shape index (κ1) is 16.6. The van der Waals surface area contributed by atoms with Gasteiger partial charge in [-0.2, -0.15) is 0 Å². The lowest BCUT2D eigenvalue weighted by Gasteiger charge is -2.01. The van der Waals surface area contributed by atoms with Crippen LogP contribution in [0.4, 0.5) is 0 Å². The predicted octanol–water partition coefficient (Wildman–Crippen LogP) is 4.97. The molecule has 0 aromatic heterocycles. The standard InChI is InChI=1S/C18H12ClNO3S2/c19-13-8-16-15(22-10-23-16)7-12(13)6-14-17(21)25-18(20-14)24-9-11-4-2-1-3-5-11/h1-8H,9-10H2/b14-6+. The Kier molecular flexibility index (Phi) is 4.74. The maximum Gasteiger partial charge on any atom is 0.244 e. The van der Waals surface area contributed by atoms with Crippen molar-refractivity contribution in [2.45, 2.75) is 5.75 Å². The van der Waals surface area contributed by atoms with Crippen molar-refractivity contribution in [3.8, 4) is 11.5 Å². The van der Waals surface area contributed by atoms with E-state index in [4.69, 9.17) is 21.1 Å². The average Bonchev–Trinajstić information content (AvgIpc) is 3.20. The highest BCUT2D eigenvalue weighted by molar-refractivity contribution is 8.45. The van der Waals surface area contributed by atoms with Gasteiger partial charge in [-0.05, 0) is 35.0 Å². The summed E-state index contributed by atoms with van der Waals surface area (Å²) in [4.78, 5) is 16.7. The van der Waals surface area contributed by atoms with E-state index in [0.717, 1.165) is 21.9 Å². The molecule has 2 heterocycles. The Morgan fingerprint density at radius 1 is 1.20 bits per heavy atom. The smallest absolute Gasteiger partial charge is 0.244 e. The maximum atomic E-state index is 12.2. The number of benzene rings is 2. The van der Waals surface area contributed by atoms with Crippen LogP contribution < -0.4 is 9.47 Å². The number of nitrogens with zero attached hydrogens (tertiary/aromatic N) is 1. The molecule has 0 N–H and O–H groups in total. The van der Waals surface area contributed by atoms with Crippen LogP contribution >= 0.6 is 35.1 Å². The molecule has 0 bridgehead atoms. The fourth-order valence-electron chi connectivity index (χ4n) is 2.36. The van der Waals surface area contributed by atoms with E-state index < -0.39 is 0 Å². The van der Waals surface area contributed by atoms with E-state index in [0.29, 0.717) is 27.8 Å². The normalized spacial score (nSPS) is 17.2. The van der Waals surface area contributed by atoms with Gasteiger partial charge in [-0.25, -0.2) is 4.99 Å². The molecule has 0 saturated carbocycles. The lowest BCUT2D eigenvalue weighted by Crippen LogP contribution is -1.92. The highest BCUT2D eigenvalue weighted by Crippen LogP contribution is 2.39. The third-order valence-electron chi connectivity index (χ3n) is 3.59. The van der Waals surface area contributed by atoms with E-state index in [1.54, 1.807) is 30.0 Å². The number of hydrogen-bond acceptors (Lipinski definition) is 6. The number of aliphatic imine (C=N–C) groups is 1. The molecule has 0 aliphatic carbocycles. The van der Waals surface area contributed by atoms with Crippen LogP contribution in [0.5, 0.6) is 11.5 Å². The van der Waals surface area contributed by atoms with E-state index in [1.807, 2.05) is 18.2 Å². The Morgan fingerprint density at radius 2 is 1.96 bits per heavy atom. The molecule has 0 radical (unpaired) electrons. The minimum atomic E-state index is -0.0794. The first-order chi connectivity index (χ1) is 12.2. The summed E-state index contributed by atoms with van der Waals surface area (Å²) in [7, 11) is 0. The van der Waals surface area contributed by atoms with Crippen molar-refractivity contribution in [2.75, 3.05) is 6.79 Å². The van der Waals surface area contributed by atoms with Crippen LogP contribution in [-0.4, -0.2) is 16.3 Å². The minimum absolute atomic E-state index is 0.0794. The highest BCUT2D eigenvalue weighted by atomic mass is 35.5. The highest BCUT2D eigenvalue weighted by Gasteiger charge is 2.23. The van der Waals surface area contributed by atoms with Crippen LogP contribution in [0.1, 0.15) is 11.1 Å². The third kappa shape index (κ3) is 3.71. The molecule has 2 aromatic rings. The number of fused-ring (bicyclic) bond motifs is 1. The molecule has 4 rings (SSSR count). The van der Waals surface area contributed by atoms with Crippen LogP contribution in [0.15, 0.2) is 53.2 Å². The van der Waals surface area contributed by atoms with Gasteiger partial charge in [0.2, 0.25) is 11.9 Å². The lowest BCUT2D eigenvalue weighted by molar-refractivity contribution is -0.107. The van der Waals surface area contributed by atoms with Gasteiger partial charge in [-0.15, -0.1) is 0 Å². The number of thioether (sulfide) groups is 2. The molecule has 0 fully saturated rings. The molecule has 126 valence electrons. The molecule has 0 spiro atoms. The monoisotopic (exact) mass is 389 g/mol. The van der Waals surface area contributed by atoms with Crippen molar-refractivity contribution in [1.82, 2.24) is 0 Å². The zero-order valence-electron chi connectivity index (χ0n) is 12.9. The minimum Gasteiger partial charge on any atom is -0.454 e. The van der Waals surface area contributed by atoms with Gasteiger partial charge in [0.25, 0.3) is 0 Å². The average molecular weight is 390 g/mol. The quantitative estimate of drug-likeness (QED) is 0.693. The van der Waals surface area contributed by atoms with Crippen molar-refractivity contribution in [3.05, 3.63) is 64.3 Å². The van der Waals surface area contributed by atoms with Gasteiger partial charge in [0.05, 0.1) is 5.02 Å². The van der Waals surface area contributed by atoms with Gasteiger partial charge in [0.1, 0.15) is 10.1 Å². The van der Waals surface area contributed by atoms with Gasteiger partial charge >= 0.3 is 0 Å². The van der Waals surface area contributed by atoms with Crippen molar-refractivity contribution >= 4 is 50.7 Å². The Bertz CT molecular complexity index is 897. The van der Waals surface area contributed by atoms with E-state index >= 15 is 0 Å². The molecule has 4 nitrogen and oxygen atoms in total. The van der Waals surface area contributed by atoms with E-state index in [9.17, 15) is 4.79 Å². The predicted molar refractivity (Wildman–Crippen MR) is 103 cm³/mol. The Hall–Kier alpha value is -1.89. The fourth-order valence-corrected chi connectivity index (χ4v) is 4.37. The van der Waals surface area contributed by atoms with Gasteiger partial charge < -0.3 is 9.47 Å². The number of hydrogen-bond donors (Lipinski definition) is 0. The summed E-state index contributed by atoms with van der Waals surface area (Å²) >= 11 is 8.96. The van der Waals surface area contributed by atoms with E-state index in [-0.39, 0.29) is 11.9 Å². The fraction of sp³-hybridized carbons (Fsp3) is 0.111. The largest absolute Gasteiger partial charge is 0.454 e. The van der Waals surface area contributed by atoms with Crippen molar-refractivity contribution in [2.24, 2.45) is 4.99 Å². The molecule has 0 amide bonds. The summed E-state index contributed by atoms with van der Waals surface area (Å²) in [6.07, 6.45) is 1.69. The van der Waals surface area contributed by atoms with Gasteiger partial charge in [-0.3, -0.25) is 4.79 Å². The summed E-state index contributed by atoms with van der Waals surface area (Å²) in [5.41, 5.74) is 2.27. The maximum absolute atomic E-state index is 12.2. The molecule has 0 unspecified atom stereocenters. The van der Waals surface area contributed by atoms with Crippen LogP contribution in [0, 0.1) is 0 Å². The number of halogens is 1. The zero-order chi connectivity index (χ0) is 17.2. The van der Waals surface area contributed by atoms with Gasteiger partial charge in [-0.1, -0.05) is 53.7 Å². The first-order valence-corrected chi connectivity index (χ1v) is 9.65. The number of rotatable bonds is 3. The second-order valence-electron chi connectivity index (χ2n) is 5.30. The van der Waals surface area contributed by atoms with Gasteiger partial charge in [0, 0.05) is 11.8 Å². The molecule has 7 heteroatoms. The van der Waals surface area contributed by atoms with Crippen LogP contribution in [-0.2, 0) is 10.5 Å². The summed E-state index contributed by atoms with van der Waals surface area (Å²) < 4.78 is 11.4. The van der Waals surface area contributed by atoms with E-state index in [2.05, 4.69) is 17.1 Å². The van der Waals surface area contributed by atoms with Gasteiger partial charge in [0.15, 0.2) is 11.5 Å². The van der Waals surface area contributed by atoms with Crippen LogP contribution in [0.2, 0.25) is 5.02 Å². The van der Waals surface area contributed by atoms with E-state index in [1.165, 1.54) is 5.56 Å². The molecule has 0 saturated heterocycles. The summed E-state index contributed by atoms with van der Waals surface area (Å²) in [5, 5.41) is 0.416. The van der Waals surface area contributed by atoms with Crippen molar-refractivity contribution in [3.63, 3.8) is 0 Å². The molecule has 25 heavy (non-hydrogen) atoms. The Labute approximate surface area is 158 Å². The molecular weight excluding hydrogens is 378 g/mol. The summed E-state index contributed by atoms with van der Waals surface area (Å²) in [5.74, 6) is 2.01. The van der Waals surface area contributed by atoms with Crippen molar-refractivity contribution in [1.29, 1.82) is 0 Å². The second-order valence-corrected chi connectivity index (χ2v) is 7.89. The molecule has 2 aliphatic rings. The molecular formula is C18H12ClNO3S2. The number of carbonyl (C=O) groups is 1. The Morgan fingerprint density at radius 3 is 2.76 bits per heavy atom. The Balaban J connectivity index is 1.53. The molecule has 2 aromatic carbocycles.